The Bertz CT molecular complexity index is 1220. The SMILES string of the molecule is Nc1ncnc2c1ncn2CCCOC(=O)c1cc(S(=O)(=O)N2CCCC2)ccc1Cl. The average Bonchev–Trinajstić information content (AvgIpc) is 3.43. The zero-order valence-corrected chi connectivity index (χ0v) is 18.1. The molecule has 1 saturated heterocycles. The topological polar surface area (TPSA) is 133 Å². The van der Waals surface area contributed by atoms with E-state index in [1.807, 2.05) is 0 Å². The molecule has 0 radical (unpaired) electrons. The Kier molecular flexibility index (Phi) is 6.08. The minimum atomic E-state index is -3.66. The lowest BCUT2D eigenvalue weighted by atomic mass is 10.2. The van der Waals surface area contributed by atoms with Crippen LogP contribution in [0.15, 0.2) is 35.7 Å². The number of halogens is 1. The maximum atomic E-state index is 12.7. The molecular weight excluding hydrogens is 444 g/mol. The largest absolute Gasteiger partial charge is 0.462 e. The lowest BCUT2D eigenvalue weighted by Gasteiger charge is -2.16. The Balaban J connectivity index is 1.40. The van der Waals surface area contributed by atoms with Crippen LogP contribution in [0.3, 0.4) is 0 Å². The van der Waals surface area contributed by atoms with Gasteiger partial charge in [-0.1, -0.05) is 11.6 Å². The second kappa shape index (κ2) is 8.77. The number of hydrogen-bond donors (Lipinski definition) is 1. The number of rotatable bonds is 7. The molecule has 164 valence electrons. The highest BCUT2D eigenvalue weighted by Crippen LogP contribution is 2.26. The molecule has 2 aromatic heterocycles. The van der Waals surface area contributed by atoms with Gasteiger partial charge in [-0.3, -0.25) is 0 Å². The number of anilines is 1. The number of ether oxygens (including phenoxy) is 1. The number of nitrogen functional groups attached to an aromatic ring is 1. The van der Waals surface area contributed by atoms with Crippen LogP contribution < -0.4 is 5.73 Å². The summed E-state index contributed by atoms with van der Waals surface area (Å²) in [5.41, 5.74) is 6.91. The third-order valence-electron chi connectivity index (χ3n) is 5.07. The van der Waals surface area contributed by atoms with Crippen molar-refractivity contribution >= 4 is 44.6 Å². The van der Waals surface area contributed by atoms with Gasteiger partial charge in [0.15, 0.2) is 11.5 Å². The van der Waals surface area contributed by atoms with E-state index in [9.17, 15) is 13.2 Å². The molecule has 31 heavy (non-hydrogen) atoms. The number of aryl methyl sites for hydroxylation is 1. The fraction of sp³-hybridized carbons (Fsp3) is 0.368. The third kappa shape index (κ3) is 4.34. The molecule has 1 aliphatic heterocycles. The van der Waals surface area contributed by atoms with Gasteiger partial charge < -0.3 is 15.0 Å². The molecule has 0 atom stereocenters. The van der Waals surface area contributed by atoms with E-state index in [1.54, 1.807) is 10.9 Å². The van der Waals surface area contributed by atoms with E-state index in [-0.39, 0.29) is 22.1 Å². The summed E-state index contributed by atoms with van der Waals surface area (Å²) >= 11 is 6.13. The van der Waals surface area contributed by atoms with Crippen LogP contribution in [0, 0.1) is 0 Å². The van der Waals surface area contributed by atoms with E-state index >= 15 is 0 Å². The minimum absolute atomic E-state index is 0.0236. The number of esters is 1. The number of imidazole rings is 1. The molecule has 0 bridgehead atoms. The molecule has 1 fully saturated rings. The summed E-state index contributed by atoms with van der Waals surface area (Å²) in [6.07, 6.45) is 5.10. The fourth-order valence-corrected chi connectivity index (χ4v) is 5.18. The molecule has 0 unspecified atom stereocenters. The van der Waals surface area contributed by atoms with Crippen molar-refractivity contribution in [1.29, 1.82) is 0 Å². The molecule has 0 amide bonds. The normalized spacial score (nSPS) is 14.9. The first-order chi connectivity index (χ1) is 14.9. The van der Waals surface area contributed by atoms with Crippen LogP contribution in [0.25, 0.3) is 11.2 Å². The van der Waals surface area contributed by atoms with Crippen LogP contribution in [-0.4, -0.2) is 57.9 Å². The number of carbonyl (C=O) groups excluding carboxylic acids is 1. The molecular formula is C19H21ClN6O4S. The van der Waals surface area contributed by atoms with Crippen molar-refractivity contribution in [3.05, 3.63) is 41.4 Å². The first-order valence-electron chi connectivity index (χ1n) is 9.76. The van der Waals surface area contributed by atoms with Crippen molar-refractivity contribution in [3.63, 3.8) is 0 Å². The molecule has 0 aliphatic carbocycles. The Labute approximate surface area is 184 Å². The number of carbonyl (C=O) groups is 1. The van der Waals surface area contributed by atoms with Gasteiger partial charge in [0.25, 0.3) is 0 Å². The van der Waals surface area contributed by atoms with E-state index in [2.05, 4.69) is 15.0 Å². The highest BCUT2D eigenvalue weighted by Gasteiger charge is 2.28. The van der Waals surface area contributed by atoms with Gasteiger partial charge in [-0.05, 0) is 37.5 Å². The van der Waals surface area contributed by atoms with Crippen molar-refractivity contribution in [1.82, 2.24) is 23.8 Å². The second-order valence-corrected chi connectivity index (χ2v) is 9.46. The van der Waals surface area contributed by atoms with Crippen LogP contribution >= 0.6 is 11.6 Å². The molecule has 0 spiro atoms. The van der Waals surface area contributed by atoms with Crippen molar-refractivity contribution < 1.29 is 17.9 Å². The Morgan fingerprint density at radius 1 is 1.19 bits per heavy atom. The zero-order chi connectivity index (χ0) is 22.0. The van der Waals surface area contributed by atoms with Gasteiger partial charge in [-0.25, -0.2) is 28.2 Å². The highest BCUT2D eigenvalue weighted by molar-refractivity contribution is 7.89. The lowest BCUT2D eigenvalue weighted by molar-refractivity contribution is 0.0496. The van der Waals surface area contributed by atoms with Crippen LogP contribution in [-0.2, 0) is 21.3 Å². The molecule has 12 heteroatoms. The van der Waals surface area contributed by atoms with Crippen molar-refractivity contribution in [3.8, 4) is 0 Å². The Morgan fingerprint density at radius 2 is 1.97 bits per heavy atom. The van der Waals surface area contributed by atoms with Crippen LogP contribution in [0.1, 0.15) is 29.6 Å². The summed E-state index contributed by atoms with van der Waals surface area (Å²) in [6, 6.07) is 4.09. The average molecular weight is 465 g/mol. The number of hydrogen-bond acceptors (Lipinski definition) is 8. The number of nitrogens with two attached hydrogens (primary N) is 1. The Morgan fingerprint density at radius 3 is 2.74 bits per heavy atom. The predicted octanol–water partition coefficient (Wildman–Crippen LogP) is 2.09. The first kappa shape index (κ1) is 21.5. The molecule has 3 heterocycles. The van der Waals surface area contributed by atoms with E-state index < -0.39 is 16.0 Å². The standard InChI is InChI=1S/C19H21ClN6O4S/c20-15-5-4-13(31(28,29)26-7-1-2-8-26)10-14(15)19(27)30-9-3-6-25-12-24-16-17(21)22-11-23-18(16)25/h4-5,10-12H,1-3,6-9H2,(H2,21,22,23). The van der Waals surface area contributed by atoms with Crippen LogP contribution in [0.5, 0.6) is 0 Å². The summed E-state index contributed by atoms with van der Waals surface area (Å²) in [5.74, 6) is -0.376. The lowest BCUT2D eigenvalue weighted by Crippen LogP contribution is -2.28. The summed E-state index contributed by atoms with van der Waals surface area (Å²) in [4.78, 5) is 24.8. The summed E-state index contributed by atoms with van der Waals surface area (Å²) < 4.78 is 34.0. The summed E-state index contributed by atoms with van der Waals surface area (Å²) in [6.45, 7) is 1.56. The minimum Gasteiger partial charge on any atom is -0.462 e. The van der Waals surface area contributed by atoms with Crippen molar-refractivity contribution in [2.75, 3.05) is 25.4 Å². The maximum absolute atomic E-state index is 12.7. The number of aromatic nitrogens is 4. The number of sulfonamides is 1. The van der Waals surface area contributed by atoms with Crippen molar-refractivity contribution in [2.24, 2.45) is 0 Å². The van der Waals surface area contributed by atoms with Gasteiger partial charge in [0.1, 0.15) is 11.8 Å². The van der Waals surface area contributed by atoms with Gasteiger partial charge >= 0.3 is 5.97 Å². The quantitative estimate of drug-likeness (QED) is 0.415. The molecule has 1 aliphatic rings. The third-order valence-corrected chi connectivity index (χ3v) is 7.29. The monoisotopic (exact) mass is 464 g/mol. The van der Waals surface area contributed by atoms with Crippen LogP contribution in [0.4, 0.5) is 5.82 Å². The van der Waals surface area contributed by atoms with E-state index in [0.29, 0.717) is 43.0 Å². The van der Waals surface area contributed by atoms with E-state index in [1.165, 1.54) is 28.8 Å². The predicted molar refractivity (Wildman–Crippen MR) is 114 cm³/mol. The molecule has 10 nitrogen and oxygen atoms in total. The van der Waals surface area contributed by atoms with Gasteiger partial charge in [0.2, 0.25) is 10.0 Å². The van der Waals surface area contributed by atoms with E-state index in [4.69, 9.17) is 22.1 Å². The molecule has 3 aromatic rings. The van der Waals surface area contributed by atoms with Gasteiger partial charge in [-0.15, -0.1) is 0 Å². The summed E-state index contributed by atoms with van der Waals surface area (Å²) in [5, 5.41) is 0.137. The molecule has 1 aromatic carbocycles. The molecule has 4 rings (SSSR count). The fourth-order valence-electron chi connectivity index (χ4n) is 3.44. The van der Waals surface area contributed by atoms with Gasteiger partial charge in [0.05, 0.1) is 28.4 Å². The van der Waals surface area contributed by atoms with Crippen molar-refractivity contribution in [2.45, 2.75) is 30.7 Å². The second-order valence-electron chi connectivity index (χ2n) is 7.11. The van der Waals surface area contributed by atoms with E-state index in [0.717, 1.165) is 12.8 Å². The highest BCUT2D eigenvalue weighted by atomic mass is 35.5. The zero-order valence-electron chi connectivity index (χ0n) is 16.6. The molecule has 2 N–H and O–H groups in total. The van der Waals surface area contributed by atoms with Gasteiger partial charge in [0, 0.05) is 19.6 Å². The number of nitrogens with zero attached hydrogens (tertiary/aromatic N) is 5. The smallest absolute Gasteiger partial charge is 0.339 e. The molecule has 0 saturated carbocycles. The van der Waals surface area contributed by atoms with Crippen LogP contribution in [0.2, 0.25) is 5.02 Å². The number of benzene rings is 1. The number of fused-ring (bicyclic) bond motifs is 1. The Hall–Kier alpha value is -2.76. The summed E-state index contributed by atoms with van der Waals surface area (Å²) in [7, 11) is -3.66. The van der Waals surface area contributed by atoms with Gasteiger partial charge in [-0.2, -0.15) is 4.31 Å². The maximum Gasteiger partial charge on any atom is 0.339 e. The first-order valence-corrected chi connectivity index (χ1v) is 11.6.